The SMILES string of the molecule is C[C@](N)(CC(=O)Nc1ccccc1N)c1cc(Br)cs1. The predicted molar refractivity (Wildman–Crippen MR) is 87.7 cm³/mol. The van der Waals surface area contributed by atoms with Gasteiger partial charge in [0.1, 0.15) is 0 Å². The molecule has 1 amide bonds. The molecule has 0 bridgehead atoms. The molecule has 106 valence electrons. The van der Waals surface area contributed by atoms with E-state index in [9.17, 15) is 4.79 Å². The van der Waals surface area contributed by atoms with E-state index in [0.29, 0.717) is 11.4 Å². The van der Waals surface area contributed by atoms with Gasteiger partial charge in [-0.2, -0.15) is 0 Å². The molecule has 2 aromatic rings. The van der Waals surface area contributed by atoms with Crippen molar-refractivity contribution in [2.45, 2.75) is 18.9 Å². The monoisotopic (exact) mass is 353 g/mol. The summed E-state index contributed by atoms with van der Waals surface area (Å²) in [6.45, 7) is 1.85. The van der Waals surface area contributed by atoms with Crippen molar-refractivity contribution in [2.75, 3.05) is 11.1 Å². The van der Waals surface area contributed by atoms with E-state index < -0.39 is 5.54 Å². The first-order chi connectivity index (χ1) is 9.38. The van der Waals surface area contributed by atoms with E-state index in [2.05, 4.69) is 21.2 Å². The van der Waals surface area contributed by atoms with Crippen molar-refractivity contribution < 1.29 is 4.79 Å². The summed E-state index contributed by atoms with van der Waals surface area (Å²) in [6, 6.07) is 9.09. The highest BCUT2D eigenvalue weighted by Crippen LogP contribution is 2.31. The van der Waals surface area contributed by atoms with Gasteiger partial charge in [-0.25, -0.2) is 0 Å². The lowest BCUT2D eigenvalue weighted by Gasteiger charge is -2.22. The number of hydrogen-bond donors (Lipinski definition) is 3. The number of halogens is 1. The van der Waals surface area contributed by atoms with Crippen molar-refractivity contribution in [1.29, 1.82) is 0 Å². The molecule has 6 heteroatoms. The van der Waals surface area contributed by atoms with Crippen molar-refractivity contribution in [3.8, 4) is 0 Å². The summed E-state index contributed by atoms with van der Waals surface area (Å²) >= 11 is 4.92. The zero-order valence-electron chi connectivity index (χ0n) is 11.0. The van der Waals surface area contributed by atoms with E-state index in [0.717, 1.165) is 9.35 Å². The van der Waals surface area contributed by atoms with Gasteiger partial charge in [-0.3, -0.25) is 4.79 Å². The molecule has 2 rings (SSSR count). The topological polar surface area (TPSA) is 81.1 Å². The molecule has 1 aromatic heterocycles. The zero-order chi connectivity index (χ0) is 14.8. The minimum atomic E-state index is -0.704. The van der Waals surface area contributed by atoms with E-state index in [4.69, 9.17) is 11.5 Å². The fourth-order valence-electron chi connectivity index (χ4n) is 1.84. The minimum Gasteiger partial charge on any atom is -0.397 e. The Balaban J connectivity index is 2.06. The van der Waals surface area contributed by atoms with Crippen LogP contribution in [-0.4, -0.2) is 5.91 Å². The average molecular weight is 354 g/mol. The van der Waals surface area contributed by atoms with Crippen LogP contribution in [0.3, 0.4) is 0 Å². The number of carbonyl (C=O) groups excluding carboxylic acids is 1. The smallest absolute Gasteiger partial charge is 0.226 e. The fraction of sp³-hybridized carbons (Fsp3) is 0.214. The summed E-state index contributed by atoms with van der Waals surface area (Å²) < 4.78 is 0.974. The van der Waals surface area contributed by atoms with Crippen LogP contribution in [-0.2, 0) is 10.3 Å². The van der Waals surface area contributed by atoms with E-state index >= 15 is 0 Å². The third-order valence-electron chi connectivity index (χ3n) is 2.89. The Bertz CT molecular complexity index is 624. The van der Waals surface area contributed by atoms with Crippen molar-refractivity contribution in [3.63, 3.8) is 0 Å². The van der Waals surface area contributed by atoms with Crippen LogP contribution in [0.2, 0.25) is 0 Å². The number of thiophene rings is 1. The van der Waals surface area contributed by atoms with Gasteiger partial charge in [0.05, 0.1) is 16.9 Å². The Morgan fingerprint density at radius 3 is 2.75 bits per heavy atom. The second-order valence-electron chi connectivity index (χ2n) is 4.86. The highest BCUT2D eigenvalue weighted by atomic mass is 79.9. The lowest BCUT2D eigenvalue weighted by atomic mass is 9.96. The molecule has 0 aliphatic carbocycles. The molecule has 4 nitrogen and oxygen atoms in total. The molecule has 0 radical (unpaired) electrons. The molecule has 1 atom stereocenters. The summed E-state index contributed by atoms with van der Waals surface area (Å²) in [4.78, 5) is 13.1. The molecule has 1 heterocycles. The Hall–Kier alpha value is -1.37. The van der Waals surface area contributed by atoms with Gasteiger partial charge in [-0.05, 0) is 41.1 Å². The van der Waals surface area contributed by atoms with Crippen LogP contribution in [0.4, 0.5) is 11.4 Å². The summed E-state index contributed by atoms with van der Waals surface area (Å²) in [5, 5.41) is 4.74. The number of hydrogen-bond acceptors (Lipinski definition) is 4. The zero-order valence-corrected chi connectivity index (χ0v) is 13.4. The van der Waals surface area contributed by atoms with Gasteiger partial charge < -0.3 is 16.8 Å². The Morgan fingerprint density at radius 2 is 2.15 bits per heavy atom. The van der Waals surface area contributed by atoms with Crippen molar-refractivity contribution in [3.05, 3.63) is 45.1 Å². The first-order valence-corrected chi connectivity index (χ1v) is 7.73. The molecule has 5 N–H and O–H groups in total. The normalized spacial score (nSPS) is 13.8. The number of nitrogens with two attached hydrogens (primary N) is 2. The van der Waals surface area contributed by atoms with Crippen LogP contribution in [0, 0.1) is 0 Å². The third-order valence-corrected chi connectivity index (χ3v) is 4.86. The van der Waals surface area contributed by atoms with Gasteiger partial charge in [0.2, 0.25) is 5.91 Å². The van der Waals surface area contributed by atoms with Gasteiger partial charge in [-0.15, -0.1) is 11.3 Å². The van der Waals surface area contributed by atoms with Crippen molar-refractivity contribution >= 4 is 44.5 Å². The predicted octanol–water partition coefficient (Wildman–Crippen LogP) is 3.30. The number of anilines is 2. The molecule has 0 spiro atoms. The van der Waals surface area contributed by atoms with Gasteiger partial charge >= 0.3 is 0 Å². The molecule has 0 unspecified atom stereocenters. The number of nitrogen functional groups attached to an aromatic ring is 1. The maximum atomic E-state index is 12.1. The third kappa shape index (κ3) is 3.59. The number of rotatable bonds is 4. The molecular weight excluding hydrogens is 338 g/mol. The molecule has 0 aliphatic heterocycles. The lowest BCUT2D eigenvalue weighted by Crippen LogP contribution is -2.36. The lowest BCUT2D eigenvalue weighted by molar-refractivity contribution is -0.117. The highest BCUT2D eigenvalue weighted by molar-refractivity contribution is 9.10. The summed E-state index contributed by atoms with van der Waals surface area (Å²) in [6.07, 6.45) is 0.189. The Labute approximate surface area is 130 Å². The van der Waals surface area contributed by atoms with Crippen LogP contribution in [0.25, 0.3) is 0 Å². The van der Waals surface area contributed by atoms with Crippen molar-refractivity contribution in [2.24, 2.45) is 5.73 Å². The minimum absolute atomic E-state index is 0.155. The summed E-state index contributed by atoms with van der Waals surface area (Å²) in [5.74, 6) is -0.155. The van der Waals surface area contributed by atoms with Crippen LogP contribution < -0.4 is 16.8 Å². The standard InChI is InChI=1S/C14H16BrN3OS/c1-14(17,12-6-9(15)8-20-12)7-13(19)18-11-5-3-2-4-10(11)16/h2-6,8H,7,16-17H2,1H3,(H,18,19)/t14-/m0/s1. The van der Waals surface area contributed by atoms with Gasteiger partial charge in [0.15, 0.2) is 0 Å². The maximum absolute atomic E-state index is 12.1. The molecule has 1 aromatic carbocycles. The van der Waals surface area contributed by atoms with E-state index in [1.165, 1.54) is 11.3 Å². The number of amides is 1. The quantitative estimate of drug-likeness (QED) is 0.737. The largest absolute Gasteiger partial charge is 0.397 e. The molecule has 0 fully saturated rings. The van der Waals surface area contributed by atoms with Crippen molar-refractivity contribution in [1.82, 2.24) is 0 Å². The van der Waals surface area contributed by atoms with Crippen LogP contribution in [0.15, 0.2) is 40.2 Å². The Kier molecular flexibility index (Phi) is 4.47. The molecule has 20 heavy (non-hydrogen) atoms. The molecular formula is C14H16BrN3OS. The summed E-state index contributed by atoms with van der Waals surface area (Å²) in [5.41, 5.74) is 12.5. The van der Waals surface area contributed by atoms with E-state index in [1.54, 1.807) is 12.1 Å². The average Bonchev–Trinajstić information content (AvgIpc) is 2.79. The summed E-state index contributed by atoms with van der Waals surface area (Å²) in [7, 11) is 0. The van der Waals surface area contributed by atoms with E-state index in [1.807, 2.05) is 30.5 Å². The first-order valence-electron chi connectivity index (χ1n) is 6.06. The highest BCUT2D eigenvalue weighted by Gasteiger charge is 2.26. The second kappa shape index (κ2) is 5.95. The number of para-hydroxylation sites is 2. The van der Waals surface area contributed by atoms with Crippen LogP contribution in [0.1, 0.15) is 18.2 Å². The van der Waals surface area contributed by atoms with Gasteiger partial charge in [-0.1, -0.05) is 12.1 Å². The number of carbonyl (C=O) groups is 1. The molecule has 0 saturated carbocycles. The molecule has 0 aliphatic rings. The first kappa shape index (κ1) is 15.0. The number of nitrogens with one attached hydrogen (secondary N) is 1. The fourth-order valence-corrected chi connectivity index (χ4v) is 3.34. The van der Waals surface area contributed by atoms with Gasteiger partial charge in [0.25, 0.3) is 0 Å². The van der Waals surface area contributed by atoms with Crippen LogP contribution >= 0.6 is 27.3 Å². The number of benzene rings is 1. The molecule has 0 saturated heterocycles. The second-order valence-corrected chi connectivity index (χ2v) is 6.69. The van der Waals surface area contributed by atoms with E-state index in [-0.39, 0.29) is 12.3 Å². The van der Waals surface area contributed by atoms with Crippen LogP contribution in [0.5, 0.6) is 0 Å². The Morgan fingerprint density at radius 1 is 1.45 bits per heavy atom. The maximum Gasteiger partial charge on any atom is 0.226 e. The van der Waals surface area contributed by atoms with Gasteiger partial charge in [0, 0.05) is 21.2 Å².